The minimum atomic E-state index is -0.578. The van der Waals surface area contributed by atoms with Crippen molar-refractivity contribution in [2.24, 2.45) is 5.73 Å². The van der Waals surface area contributed by atoms with Crippen LogP contribution in [0.25, 0.3) is 0 Å². The Balaban J connectivity index is 2.84. The number of nitrogens with two attached hydrogens (primary N) is 1. The van der Waals surface area contributed by atoms with Gasteiger partial charge in [-0.1, -0.05) is 25.4 Å². The van der Waals surface area contributed by atoms with Crippen molar-refractivity contribution in [2.45, 2.75) is 32.8 Å². The zero-order valence-electron chi connectivity index (χ0n) is 9.50. The summed E-state index contributed by atoms with van der Waals surface area (Å²) >= 11 is 5.98. The molecule has 1 aromatic carbocycles. The Labute approximate surface area is 101 Å². The van der Waals surface area contributed by atoms with Gasteiger partial charge in [-0.25, -0.2) is 0 Å². The molecular formula is C12H16ClNO2. The van der Waals surface area contributed by atoms with Crippen molar-refractivity contribution in [3.8, 4) is 5.75 Å². The van der Waals surface area contributed by atoms with E-state index in [4.69, 9.17) is 22.1 Å². The van der Waals surface area contributed by atoms with Crippen LogP contribution in [0.4, 0.5) is 0 Å². The van der Waals surface area contributed by atoms with Crippen LogP contribution in [0.2, 0.25) is 5.02 Å². The third-order valence-electron chi connectivity index (χ3n) is 2.36. The molecule has 1 amide bonds. The van der Waals surface area contributed by atoms with Crippen LogP contribution in [0, 0.1) is 0 Å². The smallest absolute Gasteiger partial charge is 0.258 e. The Bertz CT molecular complexity index is 379. The van der Waals surface area contributed by atoms with Gasteiger partial charge in [-0.05, 0) is 36.6 Å². The lowest BCUT2D eigenvalue weighted by Crippen LogP contribution is -2.32. The highest BCUT2D eigenvalue weighted by Gasteiger charge is 2.14. The molecule has 16 heavy (non-hydrogen) atoms. The van der Waals surface area contributed by atoms with Gasteiger partial charge in [0, 0.05) is 5.02 Å². The Morgan fingerprint density at radius 1 is 1.50 bits per heavy atom. The van der Waals surface area contributed by atoms with Gasteiger partial charge < -0.3 is 10.5 Å². The number of rotatable bonds is 5. The van der Waals surface area contributed by atoms with E-state index >= 15 is 0 Å². The molecule has 88 valence electrons. The molecule has 0 heterocycles. The van der Waals surface area contributed by atoms with Gasteiger partial charge in [0.25, 0.3) is 5.91 Å². The average Bonchev–Trinajstić information content (AvgIpc) is 2.27. The molecule has 3 nitrogen and oxygen atoms in total. The van der Waals surface area contributed by atoms with E-state index < -0.39 is 12.0 Å². The second-order valence-corrected chi connectivity index (χ2v) is 3.93. The van der Waals surface area contributed by atoms with E-state index in [-0.39, 0.29) is 0 Å². The van der Waals surface area contributed by atoms with E-state index in [2.05, 4.69) is 0 Å². The molecule has 0 aliphatic rings. The average molecular weight is 242 g/mol. The van der Waals surface area contributed by atoms with E-state index in [0.29, 0.717) is 17.2 Å². The topological polar surface area (TPSA) is 52.3 Å². The highest BCUT2D eigenvalue weighted by atomic mass is 35.5. The molecule has 0 spiro atoms. The van der Waals surface area contributed by atoms with E-state index in [9.17, 15) is 4.79 Å². The fourth-order valence-electron chi connectivity index (χ4n) is 1.40. The highest BCUT2D eigenvalue weighted by molar-refractivity contribution is 6.31. The summed E-state index contributed by atoms with van der Waals surface area (Å²) in [5.74, 6) is 0.183. The van der Waals surface area contributed by atoms with E-state index in [1.54, 1.807) is 12.1 Å². The number of carbonyl (C=O) groups is 1. The molecule has 0 fully saturated rings. The van der Waals surface area contributed by atoms with Gasteiger partial charge >= 0.3 is 0 Å². The normalized spacial score (nSPS) is 12.2. The summed E-state index contributed by atoms with van der Waals surface area (Å²) in [4.78, 5) is 11.0. The van der Waals surface area contributed by atoms with Crippen LogP contribution in [-0.4, -0.2) is 12.0 Å². The zero-order valence-corrected chi connectivity index (χ0v) is 10.3. The van der Waals surface area contributed by atoms with E-state index in [0.717, 1.165) is 12.0 Å². The fraction of sp³-hybridized carbons (Fsp3) is 0.417. The fourth-order valence-corrected chi connectivity index (χ4v) is 1.65. The molecule has 1 atom stereocenters. The molecule has 2 N–H and O–H groups in total. The van der Waals surface area contributed by atoms with Gasteiger partial charge in [-0.2, -0.15) is 0 Å². The van der Waals surface area contributed by atoms with E-state index in [1.165, 1.54) is 0 Å². The molecular weight excluding hydrogens is 226 g/mol. The first kappa shape index (κ1) is 12.8. The van der Waals surface area contributed by atoms with Crippen LogP contribution >= 0.6 is 11.6 Å². The maximum Gasteiger partial charge on any atom is 0.258 e. The summed E-state index contributed by atoms with van der Waals surface area (Å²) in [6, 6.07) is 5.35. The van der Waals surface area contributed by atoms with Crippen molar-refractivity contribution in [1.29, 1.82) is 0 Å². The first-order valence-corrected chi connectivity index (χ1v) is 5.70. The van der Waals surface area contributed by atoms with Crippen LogP contribution in [0.5, 0.6) is 5.75 Å². The van der Waals surface area contributed by atoms with Crippen LogP contribution in [0.1, 0.15) is 25.8 Å². The van der Waals surface area contributed by atoms with Crippen LogP contribution in [0.15, 0.2) is 18.2 Å². The molecule has 0 aliphatic heterocycles. The summed E-state index contributed by atoms with van der Waals surface area (Å²) < 4.78 is 5.49. The number of hydrogen-bond acceptors (Lipinski definition) is 2. The standard InChI is InChI=1S/C12H16ClNO2/c1-3-8-7-9(5-6-10(8)13)16-11(4-2)12(14)15/h5-7,11H,3-4H2,1-2H3,(H2,14,15). The van der Waals surface area contributed by atoms with E-state index in [1.807, 2.05) is 19.9 Å². The van der Waals surface area contributed by atoms with Crippen LogP contribution < -0.4 is 10.5 Å². The van der Waals surface area contributed by atoms with Gasteiger partial charge in [0.15, 0.2) is 6.10 Å². The number of benzene rings is 1. The van der Waals surface area contributed by atoms with Gasteiger partial charge in [-0.3, -0.25) is 4.79 Å². The molecule has 4 heteroatoms. The van der Waals surface area contributed by atoms with Crippen LogP contribution in [0.3, 0.4) is 0 Å². The second-order valence-electron chi connectivity index (χ2n) is 3.52. The predicted octanol–water partition coefficient (Wildman–Crippen LogP) is 2.55. The Hall–Kier alpha value is -1.22. The van der Waals surface area contributed by atoms with Crippen LogP contribution in [-0.2, 0) is 11.2 Å². The maximum atomic E-state index is 11.0. The summed E-state index contributed by atoms with van der Waals surface area (Å²) in [6.07, 6.45) is 0.800. The molecule has 0 saturated heterocycles. The van der Waals surface area contributed by atoms with Crippen molar-refractivity contribution >= 4 is 17.5 Å². The molecule has 1 unspecified atom stereocenters. The van der Waals surface area contributed by atoms with Crippen molar-refractivity contribution in [3.63, 3.8) is 0 Å². The Morgan fingerprint density at radius 2 is 2.19 bits per heavy atom. The number of carbonyl (C=O) groups excluding carboxylic acids is 1. The van der Waals surface area contributed by atoms with Gasteiger partial charge in [-0.15, -0.1) is 0 Å². The Morgan fingerprint density at radius 3 is 2.69 bits per heavy atom. The Kier molecular flexibility index (Phi) is 4.62. The van der Waals surface area contributed by atoms with Crippen molar-refractivity contribution in [1.82, 2.24) is 0 Å². The van der Waals surface area contributed by atoms with Crippen molar-refractivity contribution in [2.75, 3.05) is 0 Å². The quantitative estimate of drug-likeness (QED) is 0.861. The maximum absolute atomic E-state index is 11.0. The number of amides is 1. The molecule has 1 aromatic rings. The van der Waals surface area contributed by atoms with Gasteiger partial charge in [0.2, 0.25) is 0 Å². The van der Waals surface area contributed by atoms with Gasteiger partial charge in [0.1, 0.15) is 5.75 Å². The molecule has 0 radical (unpaired) electrons. The SMILES string of the molecule is CCc1cc(OC(CC)C(N)=O)ccc1Cl. The summed E-state index contributed by atoms with van der Waals surface area (Å²) in [5, 5.41) is 0.710. The lowest BCUT2D eigenvalue weighted by Gasteiger charge is -2.15. The van der Waals surface area contributed by atoms with Crippen molar-refractivity contribution in [3.05, 3.63) is 28.8 Å². The minimum Gasteiger partial charge on any atom is -0.481 e. The lowest BCUT2D eigenvalue weighted by molar-refractivity contribution is -0.124. The predicted molar refractivity (Wildman–Crippen MR) is 64.7 cm³/mol. The van der Waals surface area contributed by atoms with Crippen molar-refractivity contribution < 1.29 is 9.53 Å². The number of primary amides is 1. The lowest BCUT2D eigenvalue weighted by atomic mass is 10.1. The minimum absolute atomic E-state index is 0.449. The summed E-state index contributed by atoms with van der Waals surface area (Å²) in [5.41, 5.74) is 6.20. The summed E-state index contributed by atoms with van der Waals surface area (Å²) in [6.45, 7) is 3.86. The zero-order chi connectivity index (χ0) is 12.1. The number of hydrogen-bond donors (Lipinski definition) is 1. The number of ether oxygens (including phenoxy) is 1. The number of halogens is 1. The molecule has 1 rings (SSSR count). The second kappa shape index (κ2) is 5.75. The molecule has 0 aliphatic carbocycles. The number of aryl methyl sites for hydroxylation is 1. The largest absolute Gasteiger partial charge is 0.481 e. The summed E-state index contributed by atoms with van der Waals surface area (Å²) in [7, 11) is 0. The third-order valence-corrected chi connectivity index (χ3v) is 2.73. The molecule has 0 saturated carbocycles. The monoisotopic (exact) mass is 241 g/mol. The third kappa shape index (κ3) is 3.14. The van der Waals surface area contributed by atoms with Gasteiger partial charge in [0.05, 0.1) is 0 Å². The highest BCUT2D eigenvalue weighted by Crippen LogP contribution is 2.23. The first-order valence-electron chi connectivity index (χ1n) is 5.32. The molecule has 0 bridgehead atoms. The first-order chi connectivity index (χ1) is 7.58. The molecule has 0 aromatic heterocycles.